The Kier molecular flexibility index (Phi) is 3.98. The van der Waals surface area contributed by atoms with Crippen molar-refractivity contribution in [1.29, 1.82) is 0 Å². The van der Waals surface area contributed by atoms with Gasteiger partial charge in [0.2, 0.25) is 0 Å². The van der Waals surface area contributed by atoms with E-state index in [1.165, 1.54) is 0 Å². The number of aromatic amines is 1. The van der Waals surface area contributed by atoms with Crippen LogP contribution in [-0.2, 0) is 0 Å². The van der Waals surface area contributed by atoms with E-state index in [4.69, 9.17) is 11.6 Å². The van der Waals surface area contributed by atoms with Gasteiger partial charge >= 0.3 is 0 Å². The van der Waals surface area contributed by atoms with Crippen molar-refractivity contribution in [2.45, 2.75) is 12.5 Å². The number of nitrogens with one attached hydrogen (secondary N) is 2. The second-order valence-electron chi connectivity index (χ2n) is 4.98. The highest BCUT2D eigenvalue weighted by Gasteiger charge is 2.15. The summed E-state index contributed by atoms with van der Waals surface area (Å²) in [6, 6.07) is 8.28. The normalized spacial score (nSPS) is 17.1. The van der Waals surface area contributed by atoms with Gasteiger partial charge in [-0.05, 0) is 30.7 Å². The van der Waals surface area contributed by atoms with Gasteiger partial charge in [-0.1, -0.05) is 35.9 Å². The van der Waals surface area contributed by atoms with E-state index in [-0.39, 0.29) is 17.7 Å². The molecule has 0 fully saturated rings. The van der Waals surface area contributed by atoms with Crippen LogP contribution in [0.5, 0.6) is 5.75 Å². The van der Waals surface area contributed by atoms with Crippen molar-refractivity contribution in [3.8, 4) is 17.0 Å². The standard InChI is InChI=1S/C16H14ClN3O2/c17-11-4-6-12(7-5-11)18-16(22)15-9-14(19-20-15)10-2-1-3-13(21)8-10/h1-6,8-9,12,21H,7H2,(H,18,22)(H,19,20). The molecule has 1 aliphatic carbocycles. The summed E-state index contributed by atoms with van der Waals surface area (Å²) >= 11 is 5.84. The third kappa shape index (κ3) is 3.20. The number of benzene rings is 1. The molecular weight excluding hydrogens is 302 g/mol. The molecule has 0 bridgehead atoms. The van der Waals surface area contributed by atoms with E-state index in [1.807, 2.05) is 18.2 Å². The Morgan fingerprint density at radius 3 is 3.00 bits per heavy atom. The topological polar surface area (TPSA) is 78.0 Å². The van der Waals surface area contributed by atoms with Gasteiger partial charge in [-0.3, -0.25) is 9.89 Å². The van der Waals surface area contributed by atoms with Gasteiger partial charge in [0.05, 0.1) is 11.7 Å². The van der Waals surface area contributed by atoms with Gasteiger partial charge in [0.25, 0.3) is 5.91 Å². The van der Waals surface area contributed by atoms with E-state index < -0.39 is 0 Å². The molecule has 1 aliphatic rings. The number of hydrogen-bond acceptors (Lipinski definition) is 3. The fourth-order valence-corrected chi connectivity index (χ4v) is 2.36. The van der Waals surface area contributed by atoms with Crippen molar-refractivity contribution >= 4 is 17.5 Å². The molecule has 3 rings (SSSR count). The summed E-state index contributed by atoms with van der Waals surface area (Å²) < 4.78 is 0. The molecule has 0 saturated carbocycles. The van der Waals surface area contributed by atoms with E-state index in [9.17, 15) is 9.90 Å². The Hall–Kier alpha value is -2.53. The molecule has 0 radical (unpaired) electrons. The lowest BCUT2D eigenvalue weighted by atomic mass is 10.1. The minimum atomic E-state index is -0.236. The third-order valence-corrected chi connectivity index (χ3v) is 3.62. The predicted molar refractivity (Wildman–Crippen MR) is 84.6 cm³/mol. The molecule has 22 heavy (non-hydrogen) atoms. The average molecular weight is 316 g/mol. The van der Waals surface area contributed by atoms with Crippen molar-refractivity contribution in [1.82, 2.24) is 15.5 Å². The number of nitrogens with zero attached hydrogens (tertiary/aromatic N) is 1. The molecule has 6 heteroatoms. The molecule has 112 valence electrons. The Labute approximate surface area is 132 Å². The highest BCUT2D eigenvalue weighted by atomic mass is 35.5. The van der Waals surface area contributed by atoms with Crippen LogP contribution in [0.2, 0.25) is 0 Å². The first-order valence-electron chi connectivity index (χ1n) is 6.81. The zero-order chi connectivity index (χ0) is 15.5. The lowest BCUT2D eigenvalue weighted by Crippen LogP contribution is -2.34. The number of phenolic OH excluding ortho intramolecular Hbond substituents is 1. The van der Waals surface area contributed by atoms with Crippen LogP contribution in [0.3, 0.4) is 0 Å². The summed E-state index contributed by atoms with van der Waals surface area (Å²) in [7, 11) is 0. The zero-order valence-electron chi connectivity index (χ0n) is 11.6. The predicted octanol–water partition coefficient (Wildman–Crippen LogP) is 2.96. The molecule has 0 saturated heterocycles. The number of allylic oxidation sites excluding steroid dienone is 2. The molecule has 5 nitrogen and oxygen atoms in total. The molecule has 1 aromatic carbocycles. The first-order chi connectivity index (χ1) is 10.6. The average Bonchev–Trinajstić information content (AvgIpc) is 3.00. The Morgan fingerprint density at radius 1 is 1.41 bits per heavy atom. The van der Waals surface area contributed by atoms with Crippen LogP contribution in [0.1, 0.15) is 16.9 Å². The van der Waals surface area contributed by atoms with Gasteiger partial charge in [-0.25, -0.2) is 0 Å². The van der Waals surface area contributed by atoms with Crippen molar-refractivity contribution in [2.24, 2.45) is 0 Å². The van der Waals surface area contributed by atoms with Gasteiger partial charge in [-0.2, -0.15) is 5.10 Å². The van der Waals surface area contributed by atoms with Crippen molar-refractivity contribution < 1.29 is 9.90 Å². The van der Waals surface area contributed by atoms with Gasteiger partial charge in [0.15, 0.2) is 0 Å². The molecule has 2 aromatic rings. The number of carbonyl (C=O) groups excluding carboxylic acids is 1. The maximum absolute atomic E-state index is 12.2. The first kappa shape index (κ1) is 14.4. The number of carbonyl (C=O) groups is 1. The zero-order valence-corrected chi connectivity index (χ0v) is 12.3. The van der Waals surface area contributed by atoms with Crippen LogP contribution in [0.25, 0.3) is 11.3 Å². The summed E-state index contributed by atoms with van der Waals surface area (Å²) in [5, 5.41) is 19.9. The number of phenols is 1. The smallest absolute Gasteiger partial charge is 0.269 e. The van der Waals surface area contributed by atoms with Gasteiger partial charge in [0.1, 0.15) is 11.4 Å². The molecular formula is C16H14ClN3O2. The first-order valence-corrected chi connectivity index (χ1v) is 7.19. The van der Waals surface area contributed by atoms with Crippen molar-refractivity contribution in [3.05, 3.63) is 59.3 Å². The number of amides is 1. The summed E-state index contributed by atoms with van der Waals surface area (Å²) in [5.41, 5.74) is 1.71. The molecule has 3 N–H and O–H groups in total. The Morgan fingerprint density at radius 2 is 2.27 bits per heavy atom. The van der Waals surface area contributed by atoms with E-state index >= 15 is 0 Å². The van der Waals surface area contributed by atoms with Gasteiger partial charge in [0, 0.05) is 10.6 Å². The van der Waals surface area contributed by atoms with Gasteiger partial charge < -0.3 is 10.4 Å². The minimum absolute atomic E-state index is 0.0810. The van der Waals surface area contributed by atoms with E-state index in [2.05, 4.69) is 15.5 Å². The van der Waals surface area contributed by atoms with E-state index in [1.54, 1.807) is 30.3 Å². The Bertz CT molecular complexity index is 764. The van der Waals surface area contributed by atoms with Crippen LogP contribution in [0, 0.1) is 0 Å². The maximum Gasteiger partial charge on any atom is 0.269 e. The second kappa shape index (κ2) is 6.07. The molecule has 0 spiro atoms. The number of halogens is 1. The lowest BCUT2D eigenvalue weighted by molar-refractivity contribution is 0.0939. The molecule has 1 unspecified atom stereocenters. The highest BCUT2D eigenvalue weighted by molar-refractivity contribution is 6.31. The third-order valence-electron chi connectivity index (χ3n) is 3.34. The number of aromatic hydroxyl groups is 1. The Balaban J connectivity index is 1.71. The summed E-state index contributed by atoms with van der Waals surface area (Å²) in [4.78, 5) is 12.2. The number of hydrogen-bond donors (Lipinski definition) is 3. The van der Waals surface area contributed by atoms with E-state index in [0.717, 1.165) is 5.56 Å². The van der Waals surface area contributed by atoms with Crippen LogP contribution in [-0.4, -0.2) is 27.3 Å². The van der Waals surface area contributed by atoms with Crippen LogP contribution in [0.4, 0.5) is 0 Å². The minimum Gasteiger partial charge on any atom is -0.508 e. The quantitative estimate of drug-likeness (QED) is 0.815. The molecule has 1 atom stereocenters. The monoisotopic (exact) mass is 315 g/mol. The van der Waals surface area contributed by atoms with Crippen molar-refractivity contribution in [2.75, 3.05) is 0 Å². The fourth-order valence-electron chi connectivity index (χ4n) is 2.20. The molecule has 1 heterocycles. The van der Waals surface area contributed by atoms with Crippen LogP contribution < -0.4 is 5.32 Å². The summed E-state index contributed by atoms with van der Waals surface area (Å²) in [6.45, 7) is 0. The summed E-state index contributed by atoms with van der Waals surface area (Å²) in [5.74, 6) is -0.0810. The number of H-pyrrole nitrogens is 1. The molecule has 1 aromatic heterocycles. The summed E-state index contributed by atoms with van der Waals surface area (Å²) in [6.07, 6.45) is 6.14. The van der Waals surface area contributed by atoms with Crippen molar-refractivity contribution in [3.63, 3.8) is 0 Å². The van der Waals surface area contributed by atoms with Crippen LogP contribution in [0.15, 0.2) is 53.6 Å². The SMILES string of the molecule is O=C(NC1C=CC(Cl)=CC1)c1cc(-c2cccc(O)c2)n[nH]1. The maximum atomic E-state index is 12.2. The highest BCUT2D eigenvalue weighted by Crippen LogP contribution is 2.22. The van der Waals surface area contributed by atoms with Gasteiger partial charge in [-0.15, -0.1) is 0 Å². The second-order valence-corrected chi connectivity index (χ2v) is 5.42. The van der Waals surface area contributed by atoms with Crippen LogP contribution >= 0.6 is 11.6 Å². The fraction of sp³-hybridized carbons (Fsp3) is 0.125. The number of aromatic nitrogens is 2. The lowest BCUT2D eigenvalue weighted by Gasteiger charge is -2.15. The van der Waals surface area contributed by atoms with E-state index in [0.29, 0.717) is 22.8 Å². The largest absolute Gasteiger partial charge is 0.508 e. The number of rotatable bonds is 3. The molecule has 1 amide bonds. The molecule has 0 aliphatic heterocycles.